The molecule has 1 aliphatic heterocycles. The normalized spacial score (nSPS) is 14.1. The average Bonchev–Trinajstić information content (AvgIpc) is 3.13. The van der Waals surface area contributed by atoms with Crippen LogP contribution < -0.4 is 5.32 Å². The number of benzene rings is 2. The second-order valence-electron chi connectivity index (χ2n) is 5.46. The monoisotopic (exact) mass is 344 g/mol. The smallest absolute Gasteiger partial charge is 0.147 e. The molecule has 4 rings (SSSR count). The molecule has 2 heterocycles. The van der Waals surface area contributed by atoms with Gasteiger partial charge in [0.15, 0.2) is 0 Å². The van der Waals surface area contributed by atoms with Crippen LogP contribution >= 0.6 is 23.2 Å². The van der Waals surface area contributed by atoms with Crippen LogP contribution in [0.5, 0.6) is 0 Å². The van der Waals surface area contributed by atoms with E-state index in [1.165, 1.54) is 0 Å². The zero-order valence-electron chi connectivity index (χ0n) is 12.5. The van der Waals surface area contributed by atoms with E-state index in [1.807, 2.05) is 36.0 Å². The van der Waals surface area contributed by atoms with Crippen molar-refractivity contribution in [3.8, 4) is 11.1 Å². The van der Waals surface area contributed by atoms with Gasteiger partial charge in [-0.2, -0.15) is 5.10 Å². The number of halogens is 2. The van der Waals surface area contributed by atoms with Gasteiger partial charge in [0, 0.05) is 40.2 Å². The number of aromatic nitrogens is 2. The van der Waals surface area contributed by atoms with Crippen molar-refractivity contribution >= 4 is 39.9 Å². The number of rotatable bonds is 2. The molecule has 1 aliphatic rings. The Labute approximate surface area is 143 Å². The van der Waals surface area contributed by atoms with Gasteiger partial charge >= 0.3 is 0 Å². The zero-order chi connectivity index (χ0) is 16.0. The molecule has 1 aromatic heterocycles. The Morgan fingerprint density at radius 3 is 2.74 bits per heavy atom. The molecule has 0 amide bonds. The van der Waals surface area contributed by atoms with Crippen molar-refractivity contribution in [2.45, 2.75) is 0 Å². The maximum atomic E-state index is 6.38. The second-order valence-corrected chi connectivity index (χ2v) is 6.30. The third-order valence-electron chi connectivity index (χ3n) is 3.98. The molecule has 3 aromatic rings. The van der Waals surface area contributed by atoms with E-state index in [0.29, 0.717) is 10.0 Å². The number of aliphatic imine (C=N–C) groups is 1. The van der Waals surface area contributed by atoms with Crippen LogP contribution in [0, 0.1) is 0 Å². The van der Waals surface area contributed by atoms with Crippen LogP contribution in [0.3, 0.4) is 0 Å². The molecule has 0 fully saturated rings. The standard InChI is InChI=1S/C17H14Cl2N4/c1-23-16(17-20-7-8-21-17)13-4-2-3-12(15(13)22-23)11-6-5-10(18)9-14(11)19/h2-6,9H,7-8H2,1H3,(H,20,21). The summed E-state index contributed by atoms with van der Waals surface area (Å²) in [6.45, 7) is 1.66. The quantitative estimate of drug-likeness (QED) is 0.766. The highest BCUT2D eigenvalue weighted by atomic mass is 35.5. The summed E-state index contributed by atoms with van der Waals surface area (Å²) in [6, 6.07) is 11.6. The molecule has 2 aromatic carbocycles. The van der Waals surface area contributed by atoms with Crippen molar-refractivity contribution in [3.05, 3.63) is 52.1 Å². The van der Waals surface area contributed by atoms with Crippen LogP contribution in [-0.4, -0.2) is 28.7 Å². The first-order chi connectivity index (χ1) is 11.1. The van der Waals surface area contributed by atoms with Gasteiger partial charge < -0.3 is 5.32 Å². The minimum Gasteiger partial charge on any atom is -0.367 e. The third-order valence-corrected chi connectivity index (χ3v) is 4.53. The number of nitrogens with one attached hydrogen (secondary N) is 1. The van der Waals surface area contributed by atoms with Gasteiger partial charge in [-0.05, 0) is 12.1 Å². The zero-order valence-corrected chi connectivity index (χ0v) is 14.0. The van der Waals surface area contributed by atoms with Crippen LogP contribution in [0.4, 0.5) is 0 Å². The summed E-state index contributed by atoms with van der Waals surface area (Å²) in [5, 5.41) is 10.3. The number of fused-ring (bicyclic) bond motifs is 1. The fraction of sp³-hybridized carbons (Fsp3) is 0.176. The summed E-state index contributed by atoms with van der Waals surface area (Å²) >= 11 is 12.4. The first-order valence-electron chi connectivity index (χ1n) is 7.35. The summed E-state index contributed by atoms with van der Waals surface area (Å²) in [7, 11) is 1.94. The Hall–Kier alpha value is -2.04. The van der Waals surface area contributed by atoms with Gasteiger partial charge in [-0.25, -0.2) is 0 Å². The van der Waals surface area contributed by atoms with E-state index >= 15 is 0 Å². The van der Waals surface area contributed by atoms with E-state index in [1.54, 1.807) is 6.07 Å². The number of aryl methyl sites for hydroxylation is 1. The minimum absolute atomic E-state index is 0.619. The van der Waals surface area contributed by atoms with Gasteiger partial charge in [0.05, 0.1) is 6.54 Å². The summed E-state index contributed by atoms with van der Waals surface area (Å²) in [5.74, 6) is 0.898. The minimum atomic E-state index is 0.619. The maximum absolute atomic E-state index is 6.38. The van der Waals surface area contributed by atoms with E-state index in [-0.39, 0.29) is 0 Å². The summed E-state index contributed by atoms with van der Waals surface area (Å²) in [5.41, 5.74) is 3.83. The molecular weight excluding hydrogens is 331 g/mol. The van der Waals surface area contributed by atoms with Gasteiger partial charge in [0.2, 0.25) is 0 Å². The fourth-order valence-corrected chi connectivity index (χ4v) is 3.49. The fourth-order valence-electron chi connectivity index (χ4n) is 2.98. The maximum Gasteiger partial charge on any atom is 0.147 e. The number of hydrogen-bond acceptors (Lipinski definition) is 3. The molecule has 116 valence electrons. The Bertz CT molecular complexity index is 943. The first kappa shape index (κ1) is 14.5. The second kappa shape index (κ2) is 5.55. The molecule has 0 atom stereocenters. The molecule has 0 saturated heterocycles. The highest BCUT2D eigenvalue weighted by molar-refractivity contribution is 6.36. The highest BCUT2D eigenvalue weighted by Crippen LogP contribution is 2.35. The van der Waals surface area contributed by atoms with E-state index in [4.69, 9.17) is 28.3 Å². The van der Waals surface area contributed by atoms with Crippen LogP contribution in [0.15, 0.2) is 41.4 Å². The SMILES string of the molecule is Cn1nc2c(-c3ccc(Cl)cc3Cl)cccc2c1C1=NCCN1. The molecule has 1 N–H and O–H groups in total. The molecular formula is C17H14Cl2N4. The van der Waals surface area contributed by atoms with Gasteiger partial charge in [-0.3, -0.25) is 9.67 Å². The Kier molecular flexibility index (Phi) is 3.51. The number of hydrogen-bond donors (Lipinski definition) is 1. The van der Waals surface area contributed by atoms with Gasteiger partial charge in [-0.15, -0.1) is 0 Å². The lowest BCUT2D eigenvalue weighted by Gasteiger charge is -2.06. The molecule has 0 unspecified atom stereocenters. The van der Waals surface area contributed by atoms with Crippen LogP contribution in [0.2, 0.25) is 10.0 Å². The number of nitrogens with zero attached hydrogens (tertiary/aromatic N) is 3. The molecule has 6 heteroatoms. The molecule has 0 radical (unpaired) electrons. The lowest BCUT2D eigenvalue weighted by molar-refractivity contribution is 0.768. The van der Waals surface area contributed by atoms with E-state index in [0.717, 1.165) is 46.6 Å². The van der Waals surface area contributed by atoms with Gasteiger partial charge in [0.1, 0.15) is 17.0 Å². The third kappa shape index (κ3) is 2.38. The molecule has 0 aliphatic carbocycles. The lowest BCUT2D eigenvalue weighted by Crippen LogP contribution is -2.22. The predicted molar refractivity (Wildman–Crippen MR) is 95.6 cm³/mol. The predicted octanol–water partition coefficient (Wildman–Crippen LogP) is 3.90. The van der Waals surface area contributed by atoms with E-state index in [9.17, 15) is 0 Å². The molecule has 0 bridgehead atoms. The van der Waals surface area contributed by atoms with E-state index < -0.39 is 0 Å². The van der Waals surface area contributed by atoms with Crippen molar-refractivity contribution in [1.82, 2.24) is 15.1 Å². The number of amidine groups is 1. The Balaban J connectivity index is 1.97. The van der Waals surface area contributed by atoms with Gasteiger partial charge in [-0.1, -0.05) is 47.5 Å². The largest absolute Gasteiger partial charge is 0.367 e. The molecule has 0 spiro atoms. The Morgan fingerprint density at radius 1 is 1.13 bits per heavy atom. The van der Waals surface area contributed by atoms with Crippen molar-refractivity contribution in [3.63, 3.8) is 0 Å². The average molecular weight is 345 g/mol. The van der Waals surface area contributed by atoms with E-state index in [2.05, 4.69) is 16.4 Å². The van der Waals surface area contributed by atoms with Crippen molar-refractivity contribution in [1.29, 1.82) is 0 Å². The first-order valence-corrected chi connectivity index (χ1v) is 8.10. The summed E-state index contributed by atoms with van der Waals surface area (Å²) in [6.07, 6.45) is 0. The van der Waals surface area contributed by atoms with Crippen molar-refractivity contribution < 1.29 is 0 Å². The van der Waals surface area contributed by atoms with Gasteiger partial charge in [0.25, 0.3) is 0 Å². The topological polar surface area (TPSA) is 42.2 Å². The van der Waals surface area contributed by atoms with Crippen LogP contribution in [0.1, 0.15) is 5.69 Å². The molecule has 0 saturated carbocycles. The summed E-state index contributed by atoms with van der Waals surface area (Å²) in [4.78, 5) is 4.52. The van der Waals surface area contributed by atoms with Crippen LogP contribution in [-0.2, 0) is 7.05 Å². The molecule has 4 nitrogen and oxygen atoms in total. The lowest BCUT2D eigenvalue weighted by atomic mass is 10.0. The summed E-state index contributed by atoms with van der Waals surface area (Å²) < 4.78 is 1.87. The Morgan fingerprint density at radius 2 is 2.00 bits per heavy atom. The van der Waals surface area contributed by atoms with Crippen LogP contribution in [0.25, 0.3) is 22.0 Å². The van der Waals surface area contributed by atoms with Crippen molar-refractivity contribution in [2.24, 2.45) is 12.0 Å². The molecule has 23 heavy (non-hydrogen) atoms. The van der Waals surface area contributed by atoms with Crippen molar-refractivity contribution in [2.75, 3.05) is 13.1 Å². The highest BCUT2D eigenvalue weighted by Gasteiger charge is 2.19.